The molecule has 1 N–H and O–H groups in total. The van der Waals surface area contributed by atoms with Gasteiger partial charge in [0.2, 0.25) is 0 Å². The Kier molecular flexibility index (Phi) is 5.77. The van der Waals surface area contributed by atoms with Crippen LogP contribution in [0.15, 0.2) is 30.3 Å². The predicted octanol–water partition coefficient (Wildman–Crippen LogP) is 2.40. The number of hydrogen-bond donors (Lipinski definition) is 1. The average molecular weight is 275 g/mol. The van der Waals surface area contributed by atoms with Crippen molar-refractivity contribution in [1.82, 2.24) is 4.90 Å². The number of carboxylic acids is 1. The van der Waals surface area contributed by atoms with Gasteiger partial charge < -0.3 is 14.7 Å². The lowest BCUT2D eigenvalue weighted by atomic mass is 10.1. The van der Waals surface area contributed by atoms with Gasteiger partial charge in [-0.1, -0.05) is 24.3 Å². The average Bonchev–Trinajstić information content (AvgIpc) is 2.95. The smallest absolute Gasteiger partial charge is 0.328 e. The van der Waals surface area contributed by atoms with Gasteiger partial charge in [0, 0.05) is 12.6 Å². The number of rotatable bonds is 7. The molecule has 1 fully saturated rings. The van der Waals surface area contributed by atoms with E-state index >= 15 is 0 Å². The molecule has 0 bridgehead atoms. The Balaban J connectivity index is 1.80. The Morgan fingerprint density at radius 1 is 1.30 bits per heavy atom. The Morgan fingerprint density at radius 2 is 2.05 bits per heavy atom. The van der Waals surface area contributed by atoms with Gasteiger partial charge in [-0.05, 0) is 43.1 Å². The molecule has 1 aliphatic heterocycles. The minimum Gasteiger partial charge on any atom is -0.478 e. The maximum Gasteiger partial charge on any atom is 0.328 e. The molecule has 0 radical (unpaired) electrons. The number of carboxylic acid groups (broad SMARTS) is 1. The summed E-state index contributed by atoms with van der Waals surface area (Å²) in [5.41, 5.74) is 1.92. The van der Waals surface area contributed by atoms with Crippen LogP contribution in [0.25, 0.3) is 6.08 Å². The maximum atomic E-state index is 10.6. The van der Waals surface area contributed by atoms with Crippen molar-refractivity contribution in [3.8, 4) is 0 Å². The van der Waals surface area contributed by atoms with Gasteiger partial charge in [-0.2, -0.15) is 0 Å². The summed E-state index contributed by atoms with van der Waals surface area (Å²) >= 11 is 0. The summed E-state index contributed by atoms with van der Waals surface area (Å²) in [6.07, 6.45) is 5.36. The molecule has 0 amide bonds. The molecule has 2 rings (SSSR count). The number of ether oxygens (including phenoxy) is 1. The van der Waals surface area contributed by atoms with Crippen molar-refractivity contribution < 1.29 is 14.6 Å². The van der Waals surface area contributed by atoms with Gasteiger partial charge in [-0.15, -0.1) is 0 Å². The van der Waals surface area contributed by atoms with Gasteiger partial charge in [-0.3, -0.25) is 0 Å². The van der Waals surface area contributed by atoms with E-state index in [1.165, 1.54) is 25.9 Å². The van der Waals surface area contributed by atoms with E-state index < -0.39 is 5.97 Å². The van der Waals surface area contributed by atoms with E-state index in [1.807, 2.05) is 24.3 Å². The van der Waals surface area contributed by atoms with Crippen LogP contribution >= 0.6 is 0 Å². The molecule has 1 aromatic rings. The van der Waals surface area contributed by atoms with Crippen molar-refractivity contribution in [3.63, 3.8) is 0 Å². The zero-order chi connectivity index (χ0) is 14.2. The van der Waals surface area contributed by atoms with E-state index in [0.29, 0.717) is 6.61 Å². The molecule has 0 unspecified atom stereocenters. The number of hydrogen-bond acceptors (Lipinski definition) is 3. The minimum atomic E-state index is -0.935. The topological polar surface area (TPSA) is 49.8 Å². The summed E-state index contributed by atoms with van der Waals surface area (Å²) in [7, 11) is 0. The lowest BCUT2D eigenvalue weighted by molar-refractivity contribution is -0.131. The highest BCUT2D eigenvalue weighted by molar-refractivity contribution is 5.85. The molecular weight excluding hydrogens is 254 g/mol. The summed E-state index contributed by atoms with van der Waals surface area (Å²) in [6.45, 7) is 4.58. The van der Waals surface area contributed by atoms with E-state index in [9.17, 15) is 4.79 Å². The summed E-state index contributed by atoms with van der Waals surface area (Å²) in [5.74, 6) is -0.935. The molecule has 1 aliphatic rings. The Hall–Kier alpha value is -1.65. The molecule has 0 atom stereocenters. The normalized spacial score (nSPS) is 16.0. The zero-order valence-electron chi connectivity index (χ0n) is 11.6. The fourth-order valence-corrected chi connectivity index (χ4v) is 2.37. The molecule has 4 heteroatoms. The molecule has 108 valence electrons. The van der Waals surface area contributed by atoms with Crippen molar-refractivity contribution in [3.05, 3.63) is 41.5 Å². The van der Waals surface area contributed by atoms with Gasteiger partial charge in [0.05, 0.1) is 13.2 Å². The molecule has 1 heterocycles. The van der Waals surface area contributed by atoms with Crippen LogP contribution in [0.4, 0.5) is 0 Å². The second-order valence-electron chi connectivity index (χ2n) is 4.97. The van der Waals surface area contributed by atoms with Gasteiger partial charge in [-0.25, -0.2) is 4.79 Å². The first-order valence-corrected chi connectivity index (χ1v) is 7.05. The molecule has 0 saturated carbocycles. The first-order valence-electron chi connectivity index (χ1n) is 7.05. The Labute approximate surface area is 119 Å². The van der Waals surface area contributed by atoms with Crippen LogP contribution in [-0.2, 0) is 16.1 Å². The third kappa shape index (κ3) is 4.79. The van der Waals surface area contributed by atoms with Crippen molar-refractivity contribution in [2.24, 2.45) is 0 Å². The second kappa shape index (κ2) is 7.82. The molecular formula is C16H21NO3. The molecule has 1 saturated heterocycles. The Morgan fingerprint density at radius 3 is 2.80 bits per heavy atom. The van der Waals surface area contributed by atoms with Crippen LogP contribution in [0.5, 0.6) is 0 Å². The zero-order valence-corrected chi connectivity index (χ0v) is 11.6. The van der Waals surface area contributed by atoms with Crippen LogP contribution in [0.1, 0.15) is 24.0 Å². The Bertz CT molecular complexity index is 465. The van der Waals surface area contributed by atoms with E-state index in [0.717, 1.165) is 30.4 Å². The highest BCUT2D eigenvalue weighted by atomic mass is 16.5. The highest BCUT2D eigenvalue weighted by Gasteiger charge is 2.10. The van der Waals surface area contributed by atoms with Crippen LogP contribution in [0, 0.1) is 0 Å². The van der Waals surface area contributed by atoms with Crippen molar-refractivity contribution in [2.45, 2.75) is 19.4 Å². The highest BCUT2D eigenvalue weighted by Crippen LogP contribution is 2.12. The standard InChI is InChI=1S/C16H21NO3/c18-16(19)8-7-14-5-1-2-6-15(14)13-20-12-11-17-9-3-4-10-17/h1-2,5-8H,3-4,9-13H2,(H,18,19). The third-order valence-corrected chi connectivity index (χ3v) is 3.47. The fourth-order valence-electron chi connectivity index (χ4n) is 2.37. The minimum absolute atomic E-state index is 0.522. The summed E-state index contributed by atoms with van der Waals surface area (Å²) in [4.78, 5) is 13.0. The number of likely N-dealkylation sites (tertiary alicyclic amines) is 1. The van der Waals surface area contributed by atoms with E-state index in [2.05, 4.69) is 4.90 Å². The van der Waals surface area contributed by atoms with Crippen LogP contribution in [0.2, 0.25) is 0 Å². The van der Waals surface area contributed by atoms with Gasteiger partial charge in [0.25, 0.3) is 0 Å². The van der Waals surface area contributed by atoms with Gasteiger partial charge in [0.15, 0.2) is 0 Å². The maximum absolute atomic E-state index is 10.6. The first kappa shape index (κ1) is 14.8. The van der Waals surface area contributed by atoms with Gasteiger partial charge in [0.1, 0.15) is 0 Å². The first-order chi connectivity index (χ1) is 9.75. The molecule has 20 heavy (non-hydrogen) atoms. The van der Waals surface area contributed by atoms with Crippen LogP contribution in [0.3, 0.4) is 0 Å². The number of nitrogens with zero attached hydrogens (tertiary/aromatic N) is 1. The molecule has 1 aromatic carbocycles. The summed E-state index contributed by atoms with van der Waals surface area (Å²) < 4.78 is 5.71. The molecule has 0 spiro atoms. The predicted molar refractivity (Wildman–Crippen MR) is 78.4 cm³/mol. The quantitative estimate of drug-likeness (QED) is 0.613. The monoisotopic (exact) mass is 275 g/mol. The van der Waals surface area contributed by atoms with E-state index in [-0.39, 0.29) is 0 Å². The second-order valence-corrected chi connectivity index (χ2v) is 4.97. The summed E-state index contributed by atoms with van der Waals surface area (Å²) in [5, 5.41) is 8.68. The summed E-state index contributed by atoms with van der Waals surface area (Å²) in [6, 6.07) is 7.71. The molecule has 4 nitrogen and oxygen atoms in total. The van der Waals surface area contributed by atoms with Crippen LogP contribution in [-0.4, -0.2) is 42.2 Å². The van der Waals surface area contributed by atoms with Crippen molar-refractivity contribution >= 4 is 12.0 Å². The fraction of sp³-hybridized carbons (Fsp3) is 0.438. The van der Waals surface area contributed by atoms with E-state index in [1.54, 1.807) is 6.08 Å². The van der Waals surface area contributed by atoms with Crippen molar-refractivity contribution in [2.75, 3.05) is 26.2 Å². The molecule has 0 aromatic heterocycles. The van der Waals surface area contributed by atoms with Crippen molar-refractivity contribution in [1.29, 1.82) is 0 Å². The van der Waals surface area contributed by atoms with Gasteiger partial charge >= 0.3 is 5.97 Å². The number of carbonyl (C=O) groups is 1. The number of aliphatic carboxylic acids is 1. The van der Waals surface area contributed by atoms with E-state index in [4.69, 9.17) is 9.84 Å². The lowest BCUT2D eigenvalue weighted by Crippen LogP contribution is -2.23. The largest absolute Gasteiger partial charge is 0.478 e. The third-order valence-electron chi connectivity index (χ3n) is 3.47. The number of benzene rings is 1. The molecule has 0 aliphatic carbocycles. The SMILES string of the molecule is O=C(O)C=Cc1ccccc1COCCN1CCCC1. The lowest BCUT2D eigenvalue weighted by Gasteiger charge is -2.14. The van der Waals surface area contributed by atoms with Crippen LogP contribution < -0.4 is 0 Å².